The normalized spacial score (nSPS) is 22.1. The van der Waals surface area contributed by atoms with Crippen molar-refractivity contribution in [2.45, 2.75) is 30.3 Å². The van der Waals surface area contributed by atoms with E-state index in [1.165, 1.54) is 10.0 Å². The minimum absolute atomic E-state index is 0.0869. The van der Waals surface area contributed by atoms with Gasteiger partial charge in [-0.05, 0) is 37.6 Å². The van der Waals surface area contributed by atoms with Crippen LogP contribution in [0.2, 0.25) is 5.02 Å². The molecule has 2 aliphatic heterocycles. The number of rotatable bonds is 3. The first-order chi connectivity index (χ1) is 13.0. The maximum Gasteiger partial charge on any atom is 0.271 e. The lowest BCUT2D eigenvalue weighted by atomic mass is 10.2. The molecule has 0 radical (unpaired) electrons. The van der Waals surface area contributed by atoms with E-state index in [4.69, 9.17) is 11.6 Å². The molecule has 3 aromatic rings. The summed E-state index contributed by atoms with van der Waals surface area (Å²) in [5, 5.41) is 3.70. The van der Waals surface area contributed by atoms with Crippen molar-refractivity contribution in [3.05, 3.63) is 53.3 Å². The molecule has 5 rings (SSSR count). The van der Waals surface area contributed by atoms with Gasteiger partial charge in [0.15, 0.2) is 0 Å². The second-order valence-corrected chi connectivity index (χ2v) is 9.31. The fraction of sp³-hybridized carbons (Fsp3) is 0.316. The average molecular weight is 403 g/mol. The van der Waals surface area contributed by atoms with Gasteiger partial charge >= 0.3 is 0 Å². The summed E-state index contributed by atoms with van der Waals surface area (Å²) in [5.74, 6) is 0.430. The largest absolute Gasteiger partial charge is 0.364 e. The van der Waals surface area contributed by atoms with Crippen molar-refractivity contribution in [3.8, 4) is 0 Å². The molecule has 2 saturated heterocycles. The van der Waals surface area contributed by atoms with Crippen molar-refractivity contribution in [2.24, 2.45) is 0 Å². The lowest BCUT2D eigenvalue weighted by Crippen LogP contribution is -2.43. The summed E-state index contributed by atoms with van der Waals surface area (Å²) in [4.78, 5) is 7.08. The van der Waals surface area contributed by atoms with Crippen molar-refractivity contribution >= 4 is 38.3 Å². The third-order valence-corrected chi connectivity index (χ3v) is 7.80. The zero-order valence-corrected chi connectivity index (χ0v) is 16.3. The van der Waals surface area contributed by atoms with E-state index in [9.17, 15) is 8.42 Å². The Labute approximate surface area is 162 Å². The van der Waals surface area contributed by atoms with Crippen LogP contribution < -0.4 is 10.2 Å². The summed E-state index contributed by atoms with van der Waals surface area (Å²) < 4.78 is 28.0. The topological polar surface area (TPSA) is 67.2 Å². The molecule has 3 heterocycles. The fourth-order valence-corrected chi connectivity index (χ4v) is 6.31. The minimum atomic E-state index is -3.84. The molecule has 0 saturated carbocycles. The number of aryl methyl sites for hydroxylation is 1. The molecule has 2 atom stereocenters. The number of hydrogen-bond acceptors (Lipinski definition) is 5. The Morgan fingerprint density at radius 2 is 2.00 bits per heavy atom. The summed E-state index contributed by atoms with van der Waals surface area (Å²) >= 11 is 6.18. The second-order valence-electron chi connectivity index (χ2n) is 7.15. The number of anilines is 1. The predicted octanol–water partition coefficient (Wildman–Crippen LogP) is 2.79. The molecule has 0 aliphatic carbocycles. The standard InChI is InChI=1S/C19H19ClN4O2S/c1-12-22-19-16(23-11-13-9-14(23)10-21-13)6-4-7-17(19)24(12)27(25,26)18-8-3-2-5-15(18)20/h2-8,13-14,21H,9-11H2,1H3/t13-,14-/m0/s1. The number of nitrogens with one attached hydrogen (secondary N) is 1. The Hall–Kier alpha value is -2.09. The van der Waals surface area contributed by atoms with E-state index in [0.29, 0.717) is 23.4 Å². The first kappa shape index (κ1) is 17.0. The summed E-state index contributed by atoms with van der Waals surface area (Å²) in [6, 6.07) is 13.2. The zero-order valence-electron chi connectivity index (χ0n) is 14.8. The van der Waals surface area contributed by atoms with Crippen LogP contribution in [0.3, 0.4) is 0 Å². The maximum absolute atomic E-state index is 13.3. The molecule has 2 bridgehead atoms. The first-order valence-electron chi connectivity index (χ1n) is 8.95. The van der Waals surface area contributed by atoms with Crippen molar-refractivity contribution in [1.82, 2.24) is 14.3 Å². The summed E-state index contributed by atoms with van der Waals surface area (Å²) in [5.41, 5.74) is 2.30. The highest BCUT2D eigenvalue weighted by atomic mass is 35.5. The van der Waals surface area contributed by atoms with E-state index in [-0.39, 0.29) is 9.92 Å². The summed E-state index contributed by atoms with van der Waals surface area (Å²) in [6.07, 6.45) is 1.12. The Morgan fingerprint density at radius 3 is 2.70 bits per heavy atom. The first-order valence-corrected chi connectivity index (χ1v) is 10.8. The molecule has 27 heavy (non-hydrogen) atoms. The number of fused-ring (bicyclic) bond motifs is 3. The van der Waals surface area contributed by atoms with Crippen molar-refractivity contribution < 1.29 is 8.42 Å². The van der Waals surface area contributed by atoms with Gasteiger partial charge in [-0.3, -0.25) is 0 Å². The molecule has 140 valence electrons. The maximum atomic E-state index is 13.3. The smallest absolute Gasteiger partial charge is 0.271 e. The Bertz CT molecular complexity index is 1160. The second kappa shape index (κ2) is 5.95. The van der Waals surface area contributed by atoms with E-state index in [1.807, 2.05) is 12.1 Å². The molecule has 8 heteroatoms. The van der Waals surface area contributed by atoms with Gasteiger partial charge in [0.2, 0.25) is 0 Å². The number of halogens is 1. The van der Waals surface area contributed by atoms with Gasteiger partial charge in [0.1, 0.15) is 16.2 Å². The van der Waals surface area contributed by atoms with Gasteiger partial charge in [0.25, 0.3) is 10.0 Å². The lowest BCUT2D eigenvalue weighted by Gasteiger charge is -2.29. The van der Waals surface area contributed by atoms with Crippen molar-refractivity contribution in [3.63, 3.8) is 0 Å². The van der Waals surface area contributed by atoms with Crippen molar-refractivity contribution in [1.29, 1.82) is 0 Å². The van der Waals surface area contributed by atoms with Gasteiger partial charge in [0.05, 0.1) is 16.2 Å². The van der Waals surface area contributed by atoms with Gasteiger partial charge in [-0.1, -0.05) is 29.8 Å². The van der Waals surface area contributed by atoms with Crippen LogP contribution in [0.15, 0.2) is 47.4 Å². The molecule has 0 spiro atoms. The van der Waals surface area contributed by atoms with E-state index < -0.39 is 10.0 Å². The van der Waals surface area contributed by atoms with Gasteiger partial charge in [-0.15, -0.1) is 0 Å². The van der Waals surface area contributed by atoms with E-state index in [2.05, 4.69) is 15.2 Å². The molecule has 6 nitrogen and oxygen atoms in total. The minimum Gasteiger partial charge on any atom is -0.364 e. The summed E-state index contributed by atoms with van der Waals surface area (Å²) in [6.45, 7) is 3.60. The third kappa shape index (κ3) is 2.49. The van der Waals surface area contributed by atoms with Crippen LogP contribution in [0.1, 0.15) is 12.2 Å². The number of aromatic nitrogens is 2. The highest BCUT2D eigenvalue weighted by molar-refractivity contribution is 7.90. The lowest BCUT2D eigenvalue weighted by molar-refractivity contribution is 0.581. The van der Waals surface area contributed by atoms with Gasteiger partial charge in [-0.2, -0.15) is 0 Å². The monoisotopic (exact) mass is 402 g/mol. The molecule has 2 aromatic carbocycles. The van der Waals surface area contributed by atoms with Crippen molar-refractivity contribution in [2.75, 3.05) is 18.0 Å². The van der Waals surface area contributed by atoms with E-state index >= 15 is 0 Å². The number of imidazole rings is 1. The Morgan fingerprint density at radius 1 is 1.19 bits per heavy atom. The average Bonchev–Trinajstić information content (AvgIpc) is 3.34. The molecule has 0 unspecified atom stereocenters. The molecular formula is C19H19ClN4O2S. The number of piperazine rings is 1. The SMILES string of the molecule is Cc1nc2c(N3C[C@@H]4C[C@H]3CN4)cccc2n1S(=O)(=O)c1ccccc1Cl. The van der Waals surface area contributed by atoms with Crippen LogP contribution in [0, 0.1) is 6.92 Å². The van der Waals surface area contributed by atoms with Crippen LogP contribution >= 0.6 is 11.6 Å². The number of para-hydroxylation sites is 1. The highest BCUT2D eigenvalue weighted by Gasteiger charge is 2.38. The van der Waals surface area contributed by atoms with Crippen LogP contribution in [0.4, 0.5) is 5.69 Å². The van der Waals surface area contributed by atoms with Gasteiger partial charge < -0.3 is 10.2 Å². The third-order valence-electron chi connectivity index (χ3n) is 5.50. The summed E-state index contributed by atoms with van der Waals surface area (Å²) in [7, 11) is -3.84. The van der Waals surface area contributed by atoms with Gasteiger partial charge in [-0.25, -0.2) is 17.4 Å². The molecule has 1 N–H and O–H groups in total. The quantitative estimate of drug-likeness (QED) is 0.729. The van der Waals surface area contributed by atoms with Crippen LogP contribution in [-0.2, 0) is 10.0 Å². The van der Waals surface area contributed by atoms with E-state index in [0.717, 1.165) is 30.7 Å². The zero-order chi connectivity index (χ0) is 18.8. The molecule has 0 amide bonds. The van der Waals surface area contributed by atoms with Gasteiger partial charge in [0, 0.05) is 25.2 Å². The van der Waals surface area contributed by atoms with Crippen LogP contribution in [-0.4, -0.2) is 42.5 Å². The molecular weight excluding hydrogens is 384 g/mol. The Balaban J connectivity index is 1.70. The highest BCUT2D eigenvalue weighted by Crippen LogP contribution is 2.36. The number of nitrogens with zero attached hydrogens (tertiary/aromatic N) is 3. The number of benzene rings is 2. The van der Waals surface area contributed by atoms with Crippen LogP contribution in [0.25, 0.3) is 11.0 Å². The Kier molecular flexibility index (Phi) is 3.76. The predicted molar refractivity (Wildman–Crippen MR) is 106 cm³/mol. The number of hydrogen-bond donors (Lipinski definition) is 1. The molecule has 1 aromatic heterocycles. The van der Waals surface area contributed by atoms with E-state index in [1.54, 1.807) is 31.2 Å². The fourth-order valence-electron chi connectivity index (χ4n) is 4.32. The molecule has 2 aliphatic rings. The molecule has 2 fully saturated rings. The van der Waals surface area contributed by atoms with Crippen LogP contribution in [0.5, 0.6) is 0 Å².